The van der Waals surface area contributed by atoms with Crippen LogP contribution in [0.3, 0.4) is 0 Å². The lowest BCUT2D eigenvalue weighted by Gasteiger charge is -2.14. The van der Waals surface area contributed by atoms with Gasteiger partial charge in [-0.05, 0) is 5.92 Å². The molecule has 0 heterocycles. The smallest absolute Gasteiger partial charge is 0.105 e. The minimum absolute atomic E-state index is 0.806. The molecule has 0 aromatic heterocycles. The number of hydrogen-bond acceptors (Lipinski definition) is 1. The first kappa shape index (κ1) is 13.2. The summed E-state index contributed by atoms with van der Waals surface area (Å²) in [6.07, 6.45) is 6.35. The van der Waals surface area contributed by atoms with Crippen LogP contribution in [0.5, 0.6) is 0 Å². The number of nitrogens with zero attached hydrogens (tertiary/aromatic N) is 1. The third-order valence-electron chi connectivity index (χ3n) is 2.40. The minimum atomic E-state index is 0.806. The van der Waals surface area contributed by atoms with Crippen molar-refractivity contribution < 1.29 is 0 Å². The van der Waals surface area contributed by atoms with Crippen LogP contribution in [0.4, 0.5) is 0 Å². The van der Waals surface area contributed by atoms with E-state index >= 15 is 0 Å². The SMILES string of the molecule is CCCCC(CC)CC(=NC)NI. The summed E-state index contributed by atoms with van der Waals surface area (Å²) < 4.78 is 3.11. The van der Waals surface area contributed by atoms with E-state index in [0.29, 0.717) is 0 Å². The standard InChI is InChI=1S/C10H21IN2/c1-4-6-7-9(5-2)8-10(12-3)13-11/h9H,4-8H2,1-3H3,(H,12,13). The maximum atomic E-state index is 4.20. The molecule has 0 amide bonds. The van der Waals surface area contributed by atoms with Crippen LogP contribution >= 0.6 is 22.9 Å². The molecule has 0 saturated heterocycles. The number of amidine groups is 1. The average Bonchev–Trinajstić information content (AvgIpc) is 2.19. The zero-order valence-electron chi connectivity index (χ0n) is 8.94. The van der Waals surface area contributed by atoms with Crippen molar-refractivity contribution in [3.8, 4) is 0 Å². The van der Waals surface area contributed by atoms with Crippen molar-refractivity contribution in [2.45, 2.75) is 46.0 Å². The highest BCUT2D eigenvalue weighted by Gasteiger charge is 2.08. The van der Waals surface area contributed by atoms with E-state index in [1.54, 1.807) is 0 Å². The van der Waals surface area contributed by atoms with Crippen molar-refractivity contribution in [1.82, 2.24) is 3.53 Å². The summed E-state index contributed by atoms with van der Waals surface area (Å²) in [4.78, 5) is 4.20. The Balaban J connectivity index is 3.81. The Kier molecular flexibility index (Phi) is 8.92. The molecule has 0 rings (SSSR count). The summed E-state index contributed by atoms with van der Waals surface area (Å²) >= 11 is 2.16. The molecule has 1 N–H and O–H groups in total. The average molecular weight is 296 g/mol. The molecule has 0 radical (unpaired) electrons. The van der Waals surface area contributed by atoms with Crippen LogP contribution in [0.2, 0.25) is 0 Å². The van der Waals surface area contributed by atoms with Gasteiger partial charge in [0.15, 0.2) is 0 Å². The van der Waals surface area contributed by atoms with Gasteiger partial charge in [0.05, 0.1) is 22.9 Å². The number of rotatable bonds is 6. The van der Waals surface area contributed by atoms with Crippen LogP contribution in [0.15, 0.2) is 4.99 Å². The van der Waals surface area contributed by atoms with E-state index in [4.69, 9.17) is 0 Å². The van der Waals surface area contributed by atoms with Gasteiger partial charge in [-0.25, -0.2) is 0 Å². The number of hydrogen-bond donors (Lipinski definition) is 1. The molecule has 0 spiro atoms. The van der Waals surface area contributed by atoms with E-state index in [0.717, 1.165) is 18.2 Å². The molecule has 0 bridgehead atoms. The summed E-state index contributed by atoms with van der Waals surface area (Å²) in [5, 5.41) is 0. The summed E-state index contributed by atoms with van der Waals surface area (Å²) in [5.74, 6) is 1.93. The Morgan fingerprint density at radius 1 is 1.46 bits per heavy atom. The van der Waals surface area contributed by atoms with Crippen LogP contribution in [-0.2, 0) is 0 Å². The van der Waals surface area contributed by atoms with Gasteiger partial charge in [0.2, 0.25) is 0 Å². The van der Waals surface area contributed by atoms with Gasteiger partial charge >= 0.3 is 0 Å². The van der Waals surface area contributed by atoms with Crippen molar-refractivity contribution in [2.24, 2.45) is 10.9 Å². The third kappa shape index (κ3) is 6.29. The van der Waals surface area contributed by atoms with Crippen LogP contribution in [0.1, 0.15) is 46.0 Å². The van der Waals surface area contributed by atoms with E-state index in [2.05, 4.69) is 45.2 Å². The van der Waals surface area contributed by atoms with Gasteiger partial charge < -0.3 is 3.53 Å². The van der Waals surface area contributed by atoms with Gasteiger partial charge in [0, 0.05) is 13.5 Å². The molecule has 1 atom stereocenters. The van der Waals surface area contributed by atoms with Crippen LogP contribution in [-0.4, -0.2) is 12.9 Å². The van der Waals surface area contributed by atoms with E-state index in [1.165, 1.54) is 25.7 Å². The molecule has 0 fully saturated rings. The van der Waals surface area contributed by atoms with E-state index in [1.807, 2.05) is 7.05 Å². The fourth-order valence-electron chi connectivity index (χ4n) is 1.39. The number of aliphatic imine (C=N–C) groups is 1. The molecule has 78 valence electrons. The van der Waals surface area contributed by atoms with E-state index in [-0.39, 0.29) is 0 Å². The lowest BCUT2D eigenvalue weighted by molar-refractivity contribution is 0.465. The lowest BCUT2D eigenvalue weighted by atomic mass is 9.95. The highest BCUT2D eigenvalue weighted by atomic mass is 127. The molecule has 3 heteroatoms. The van der Waals surface area contributed by atoms with Gasteiger partial charge in [-0.1, -0.05) is 39.5 Å². The predicted molar refractivity (Wildman–Crippen MR) is 68.4 cm³/mol. The van der Waals surface area contributed by atoms with Crippen LogP contribution < -0.4 is 3.53 Å². The summed E-state index contributed by atoms with van der Waals surface area (Å²) in [5.41, 5.74) is 0. The first-order chi connectivity index (χ1) is 6.28. The van der Waals surface area contributed by atoms with E-state index in [9.17, 15) is 0 Å². The predicted octanol–water partition coefficient (Wildman–Crippen LogP) is 3.56. The first-order valence-electron chi connectivity index (χ1n) is 5.10. The highest BCUT2D eigenvalue weighted by Crippen LogP contribution is 2.16. The van der Waals surface area contributed by atoms with Crippen molar-refractivity contribution >= 4 is 28.7 Å². The summed E-state index contributed by atoms with van der Waals surface area (Å²) in [6.45, 7) is 4.51. The summed E-state index contributed by atoms with van der Waals surface area (Å²) in [7, 11) is 1.85. The Bertz CT molecular complexity index is 146. The molecule has 0 aromatic rings. The van der Waals surface area contributed by atoms with Gasteiger partial charge in [0.1, 0.15) is 5.84 Å². The molecule has 2 nitrogen and oxygen atoms in total. The maximum absolute atomic E-state index is 4.20. The van der Waals surface area contributed by atoms with E-state index < -0.39 is 0 Å². The zero-order valence-corrected chi connectivity index (χ0v) is 11.1. The van der Waals surface area contributed by atoms with Crippen LogP contribution in [0.25, 0.3) is 0 Å². The molecule has 0 aliphatic rings. The molecule has 0 aromatic carbocycles. The number of nitrogens with one attached hydrogen (secondary N) is 1. The number of halogens is 1. The Morgan fingerprint density at radius 3 is 2.54 bits per heavy atom. The lowest BCUT2D eigenvalue weighted by Crippen LogP contribution is -2.17. The maximum Gasteiger partial charge on any atom is 0.105 e. The van der Waals surface area contributed by atoms with Crippen molar-refractivity contribution in [3.63, 3.8) is 0 Å². The third-order valence-corrected chi connectivity index (χ3v) is 3.03. The highest BCUT2D eigenvalue weighted by molar-refractivity contribution is 14.1. The van der Waals surface area contributed by atoms with Gasteiger partial charge in [-0.2, -0.15) is 0 Å². The number of unbranched alkanes of at least 4 members (excludes halogenated alkanes) is 1. The molecular weight excluding hydrogens is 275 g/mol. The zero-order chi connectivity index (χ0) is 10.1. The molecular formula is C10H21IN2. The Morgan fingerprint density at radius 2 is 2.15 bits per heavy atom. The molecule has 1 unspecified atom stereocenters. The quantitative estimate of drug-likeness (QED) is 0.345. The van der Waals surface area contributed by atoms with Crippen LogP contribution in [0, 0.1) is 5.92 Å². The normalized spacial score (nSPS) is 14.3. The monoisotopic (exact) mass is 296 g/mol. The van der Waals surface area contributed by atoms with Gasteiger partial charge in [-0.15, -0.1) is 0 Å². The Labute approximate surface area is 96.1 Å². The topological polar surface area (TPSA) is 24.4 Å². The fourth-order valence-corrected chi connectivity index (χ4v) is 1.85. The Hall–Kier alpha value is 0.200. The second kappa shape index (κ2) is 8.78. The second-order valence-corrected chi connectivity index (χ2v) is 3.92. The van der Waals surface area contributed by atoms with Gasteiger partial charge in [0.25, 0.3) is 0 Å². The fraction of sp³-hybridized carbons (Fsp3) is 0.900. The molecule has 0 aliphatic heterocycles. The summed E-state index contributed by atoms with van der Waals surface area (Å²) in [6, 6.07) is 0. The molecule has 0 saturated carbocycles. The molecule has 0 aliphatic carbocycles. The van der Waals surface area contributed by atoms with Crippen molar-refractivity contribution in [1.29, 1.82) is 0 Å². The first-order valence-corrected chi connectivity index (χ1v) is 6.18. The minimum Gasteiger partial charge on any atom is -0.317 e. The van der Waals surface area contributed by atoms with Gasteiger partial charge in [-0.3, -0.25) is 4.99 Å². The van der Waals surface area contributed by atoms with Crippen molar-refractivity contribution in [3.05, 3.63) is 0 Å². The largest absolute Gasteiger partial charge is 0.317 e. The molecule has 13 heavy (non-hydrogen) atoms. The second-order valence-electron chi connectivity index (χ2n) is 3.39. The van der Waals surface area contributed by atoms with Crippen molar-refractivity contribution in [2.75, 3.05) is 7.05 Å².